The van der Waals surface area contributed by atoms with Crippen molar-refractivity contribution in [3.8, 4) is 0 Å². The largest absolute Gasteiger partial charge is 0.357 e. The molecule has 0 bridgehead atoms. The number of imide groups is 1. The normalized spacial score (nSPS) is 24.6. The lowest BCUT2D eigenvalue weighted by molar-refractivity contribution is -0.125. The van der Waals surface area contributed by atoms with E-state index in [0.717, 1.165) is 38.4 Å². The van der Waals surface area contributed by atoms with Gasteiger partial charge in [-0.15, -0.1) is 11.3 Å². The molecule has 0 aliphatic carbocycles. The van der Waals surface area contributed by atoms with Crippen LogP contribution in [0.5, 0.6) is 0 Å². The van der Waals surface area contributed by atoms with Crippen LogP contribution in [0.25, 0.3) is 0 Å². The Bertz CT molecular complexity index is 708. The Morgan fingerprint density at radius 2 is 2.12 bits per heavy atom. The molecule has 3 rings (SSSR count). The van der Waals surface area contributed by atoms with Gasteiger partial charge in [0.05, 0.1) is 6.54 Å². The van der Waals surface area contributed by atoms with Crippen molar-refractivity contribution in [2.24, 2.45) is 10.9 Å². The minimum absolute atomic E-state index is 0.132. The van der Waals surface area contributed by atoms with Crippen LogP contribution in [0.2, 0.25) is 0 Å². The lowest BCUT2D eigenvalue weighted by Crippen LogP contribution is -2.55. The van der Waals surface area contributed by atoms with E-state index in [0.29, 0.717) is 6.54 Å². The summed E-state index contributed by atoms with van der Waals surface area (Å²) in [7, 11) is 0. The fourth-order valence-electron chi connectivity index (χ4n) is 3.66. The summed E-state index contributed by atoms with van der Waals surface area (Å²) in [6.07, 6.45) is 1.68. The number of urea groups is 1. The molecule has 2 aliphatic heterocycles. The number of nitrogens with zero attached hydrogens (tertiary/aromatic N) is 2. The summed E-state index contributed by atoms with van der Waals surface area (Å²) in [5.74, 6) is 0.838. The summed E-state index contributed by atoms with van der Waals surface area (Å²) in [6, 6.07) is 3.86. The highest BCUT2D eigenvalue weighted by atomic mass is 32.1. The molecule has 1 aromatic heterocycles. The van der Waals surface area contributed by atoms with Crippen molar-refractivity contribution in [2.45, 2.75) is 45.7 Å². The molecule has 0 spiro atoms. The Morgan fingerprint density at radius 1 is 1.38 bits per heavy atom. The summed E-state index contributed by atoms with van der Waals surface area (Å²) in [6.45, 7) is 9.13. The second kappa shape index (κ2) is 7.65. The van der Waals surface area contributed by atoms with Gasteiger partial charge in [-0.2, -0.15) is 0 Å². The smallest absolute Gasteiger partial charge is 0.322 e. The van der Waals surface area contributed by atoms with Crippen molar-refractivity contribution in [3.63, 3.8) is 0 Å². The average molecular weight is 378 g/mol. The summed E-state index contributed by atoms with van der Waals surface area (Å²) in [5, 5.41) is 8.54. The van der Waals surface area contributed by atoms with Crippen molar-refractivity contribution in [3.05, 3.63) is 21.9 Å². The molecule has 1 unspecified atom stereocenters. The van der Waals surface area contributed by atoms with Crippen LogP contribution in [0.4, 0.5) is 4.79 Å². The quantitative estimate of drug-likeness (QED) is 0.425. The molecule has 26 heavy (non-hydrogen) atoms. The van der Waals surface area contributed by atoms with Crippen LogP contribution in [0.1, 0.15) is 36.4 Å². The van der Waals surface area contributed by atoms with E-state index in [1.165, 1.54) is 9.75 Å². The van der Waals surface area contributed by atoms with Crippen molar-refractivity contribution in [1.29, 1.82) is 0 Å². The summed E-state index contributed by atoms with van der Waals surface area (Å²) >= 11 is 1.77. The number of carbonyl (C=O) groups is 2. The van der Waals surface area contributed by atoms with Crippen LogP contribution < -0.4 is 16.0 Å². The van der Waals surface area contributed by atoms with Gasteiger partial charge in [0.15, 0.2) is 5.96 Å². The van der Waals surface area contributed by atoms with Gasteiger partial charge < -0.3 is 15.5 Å². The van der Waals surface area contributed by atoms with E-state index < -0.39 is 5.54 Å². The third-order valence-corrected chi connectivity index (χ3v) is 6.18. The van der Waals surface area contributed by atoms with Crippen LogP contribution in [0.3, 0.4) is 0 Å². The number of aliphatic imine (C=N–C) groups is 1. The zero-order chi connectivity index (χ0) is 18.7. The van der Waals surface area contributed by atoms with E-state index >= 15 is 0 Å². The highest BCUT2D eigenvalue weighted by Crippen LogP contribution is 2.30. The SMILES string of the molecule is CCNC(=NCc1ccc(C)s1)N1CCC(C2(C)NC(=O)NC2=O)CC1. The molecule has 2 fully saturated rings. The predicted molar refractivity (Wildman–Crippen MR) is 103 cm³/mol. The number of guanidine groups is 1. The fraction of sp³-hybridized carbons (Fsp3) is 0.611. The zero-order valence-corrected chi connectivity index (χ0v) is 16.4. The summed E-state index contributed by atoms with van der Waals surface area (Å²) in [5.41, 5.74) is -0.798. The van der Waals surface area contributed by atoms with E-state index in [1.807, 2.05) is 6.92 Å². The maximum atomic E-state index is 12.1. The number of thiophene rings is 1. The van der Waals surface area contributed by atoms with Crippen molar-refractivity contribution in [1.82, 2.24) is 20.9 Å². The number of hydrogen-bond donors (Lipinski definition) is 3. The van der Waals surface area contributed by atoms with Gasteiger partial charge in [0.1, 0.15) is 5.54 Å². The maximum absolute atomic E-state index is 12.1. The molecule has 0 aromatic carbocycles. The molecule has 0 radical (unpaired) electrons. The van der Waals surface area contributed by atoms with Gasteiger partial charge in [-0.1, -0.05) is 0 Å². The molecule has 8 heteroatoms. The van der Waals surface area contributed by atoms with E-state index in [1.54, 1.807) is 11.3 Å². The Kier molecular flexibility index (Phi) is 5.50. The molecule has 142 valence electrons. The van der Waals surface area contributed by atoms with Crippen molar-refractivity contribution < 1.29 is 9.59 Å². The second-order valence-electron chi connectivity index (χ2n) is 7.05. The van der Waals surface area contributed by atoms with Crippen LogP contribution in [0, 0.1) is 12.8 Å². The van der Waals surface area contributed by atoms with Crippen molar-refractivity contribution in [2.75, 3.05) is 19.6 Å². The molecular weight excluding hydrogens is 350 g/mol. The molecular formula is C18H27N5O2S. The Morgan fingerprint density at radius 3 is 2.65 bits per heavy atom. The molecule has 1 atom stereocenters. The number of piperidine rings is 1. The lowest BCUT2D eigenvalue weighted by Gasteiger charge is -2.39. The molecule has 2 aliphatic rings. The molecule has 3 amide bonds. The first kappa shape index (κ1) is 18.7. The van der Waals surface area contributed by atoms with Crippen LogP contribution in [0.15, 0.2) is 17.1 Å². The first-order valence-electron chi connectivity index (χ1n) is 9.14. The number of amides is 3. The first-order chi connectivity index (χ1) is 12.4. The molecule has 2 saturated heterocycles. The first-order valence-corrected chi connectivity index (χ1v) is 9.96. The molecule has 1 aromatic rings. The molecule has 3 N–H and O–H groups in total. The highest BCUT2D eigenvalue weighted by Gasteiger charge is 2.48. The molecule has 7 nitrogen and oxygen atoms in total. The Balaban J connectivity index is 1.62. The van der Waals surface area contributed by atoms with E-state index in [-0.39, 0.29) is 17.9 Å². The van der Waals surface area contributed by atoms with Gasteiger partial charge in [0.25, 0.3) is 5.91 Å². The highest BCUT2D eigenvalue weighted by molar-refractivity contribution is 7.11. The molecule has 0 saturated carbocycles. The van der Waals surface area contributed by atoms with E-state index in [2.05, 4.69) is 46.8 Å². The van der Waals surface area contributed by atoms with Gasteiger partial charge in [0, 0.05) is 29.4 Å². The Labute approximate surface area is 158 Å². The summed E-state index contributed by atoms with van der Waals surface area (Å²) < 4.78 is 0. The molecule has 3 heterocycles. The van der Waals surface area contributed by atoms with Crippen LogP contribution >= 0.6 is 11.3 Å². The zero-order valence-electron chi connectivity index (χ0n) is 15.6. The van der Waals surface area contributed by atoms with Gasteiger partial charge in [0.2, 0.25) is 0 Å². The fourth-order valence-corrected chi connectivity index (χ4v) is 4.48. The third-order valence-electron chi connectivity index (χ3n) is 5.20. The number of carbonyl (C=O) groups excluding carboxylic acids is 2. The number of nitrogens with one attached hydrogen (secondary N) is 3. The number of aryl methyl sites for hydroxylation is 1. The van der Waals surface area contributed by atoms with Crippen LogP contribution in [-0.2, 0) is 11.3 Å². The van der Waals surface area contributed by atoms with Crippen LogP contribution in [-0.4, -0.2) is 48.0 Å². The van der Waals surface area contributed by atoms with E-state index in [4.69, 9.17) is 4.99 Å². The lowest BCUT2D eigenvalue weighted by atomic mass is 9.79. The second-order valence-corrected chi connectivity index (χ2v) is 8.43. The van der Waals surface area contributed by atoms with E-state index in [9.17, 15) is 9.59 Å². The average Bonchev–Trinajstić information content (AvgIpc) is 3.14. The van der Waals surface area contributed by atoms with Gasteiger partial charge in [-0.3, -0.25) is 10.1 Å². The Hall–Kier alpha value is -2.09. The number of rotatable bonds is 4. The number of hydrogen-bond acceptors (Lipinski definition) is 4. The van der Waals surface area contributed by atoms with Gasteiger partial charge >= 0.3 is 6.03 Å². The van der Waals surface area contributed by atoms with Crippen molar-refractivity contribution >= 4 is 29.2 Å². The number of likely N-dealkylation sites (tertiary alicyclic amines) is 1. The predicted octanol–water partition coefficient (Wildman–Crippen LogP) is 1.83. The minimum atomic E-state index is -0.798. The van der Waals surface area contributed by atoms with Gasteiger partial charge in [-0.25, -0.2) is 9.79 Å². The standard InChI is InChI=1S/C18H27N5O2S/c1-4-19-16(20-11-14-6-5-12(2)26-14)23-9-7-13(8-10-23)18(3)15(24)21-17(25)22-18/h5-6,13H,4,7-11H2,1-3H3,(H,19,20)(H2,21,22,24,25). The maximum Gasteiger partial charge on any atom is 0.322 e. The minimum Gasteiger partial charge on any atom is -0.357 e. The topological polar surface area (TPSA) is 85.8 Å². The summed E-state index contributed by atoms with van der Waals surface area (Å²) in [4.78, 5) is 33.2. The van der Waals surface area contributed by atoms with Gasteiger partial charge in [-0.05, 0) is 51.7 Å². The monoisotopic (exact) mass is 377 g/mol. The third kappa shape index (κ3) is 3.85.